The van der Waals surface area contributed by atoms with Crippen LogP contribution in [0.5, 0.6) is 0 Å². The van der Waals surface area contributed by atoms with Crippen molar-refractivity contribution in [2.75, 3.05) is 27.2 Å². The lowest BCUT2D eigenvalue weighted by Crippen LogP contribution is -2.41. The van der Waals surface area contributed by atoms with Gasteiger partial charge in [-0.25, -0.2) is 0 Å². The van der Waals surface area contributed by atoms with Crippen molar-refractivity contribution in [2.45, 2.75) is 39.5 Å². The Morgan fingerprint density at radius 3 is 2.65 bits per heavy atom. The molecule has 1 spiro atoms. The van der Waals surface area contributed by atoms with Gasteiger partial charge in [0, 0.05) is 38.5 Å². The quantitative estimate of drug-likeness (QED) is 0.836. The van der Waals surface area contributed by atoms with Gasteiger partial charge in [0.2, 0.25) is 5.91 Å². The normalized spacial score (nSPS) is 27.0. The third-order valence-corrected chi connectivity index (χ3v) is 5.57. The standard InChI is InChI=1S/C17H25N3O3/c1-11-14(12(2)23-18-11)16(22)20-9-8-17(10-20)7-5-6-13(17)15(21)19(3)4/h13H,5-10H2,1-4H3/t13-,17-/m1/s1. The average Bonchev–Trinajstić information content (AvgIpc) is 3.19. The van der Waals surface area contributed by atoms with Gasteiger partial charge in [-0.2, -0.15) is 0 Å². The summed E-state index contributed by atoms with van der Waals surface area (Å²) >= 11 is 0. The van der Waals surface area contributed by atoms with Crippen LogP contribution in [0.1, 0.15) is 47.5 Å². The third kappa shape index (κ3) is 2.54. The molecule has 1 aromatic rings. The van der Waals surface area contributed by atoms with Crippen molar-refractivity contribution in [1.82, 2.24) is 15.0 Å². The first-order chi connectivity index (χ1) is 10.9. The molecule has 0 radical (unpaired) electrons. The summed E-state index contributed by atoms with van der Waals surface area (Å²) in [5, 5.41) is 3.88. The topological polar surface area (TPSA) is 66.7 Å². The van der Waals surface area contributed by atoms with E-state index in [1.807, 2.05) is 19.0 Å². The van der Waals surface area contributed by atoms with Crippen molar-refractivity contribution < 1.29 is 14.1 Å². The van der Waals surface area contributed by atoms with Gasteiger partial charge in [-0.1, -0.05) is 11.6 Å². The highest BCUT2D eigenvalue weighted by Gasteiger charge is 2.51. The Morgan fingerprint density at radius 2 is 2.04 bits per heavy atom. The van der Waals surface area contributed by atoms with Crippen LogP contribution in [0.2, 0.25) is 0 Å². The molecule has 2 amide bonds. The maximum absolute atomic E-state index is 12.8. The Bertz CT molecular complexity index is 618. The van der Waals surface area contributed by atoms with E-state index < -0.39 is 0 Å². The van der Waals surface area contributed by atoms with E-state index in [1.165, 1.54) is 0 Å². The molecule has 1 saturated carbocycles. The molecule has 126 valence electrons. The Balaban J connectivity index is 1.80. The molecule has 0 bridgehead atoms. The predicted octanol–water partition coefficient (Wildman–Crippen LogP) is 2.01. The Hall–Kier alpha value is -1.85. The van der Waals surface area contributed by atoms with Gasteiger partial charge in [-0.3, -0.25) is 9.59 Å². The second-order valence-corrected chi connectivity index (χ2v) is 7.22. The van der Waals surface area contributed by atoms with Crippen LogP contribution in [0.15, 0.2) is 4.52 Å². The largest absolute Gasteiger partial charge is 0.361 e. The number of likely N-dealkylation sites (tertiary alicyclic amines) is 1. The highest BCUT2D eigenvalue weighted by atomic mass is 16.5. The molecule has 6 heteroatoms. The van der Waals surface area contributed by atoms with Crippen LogP contribution in [0.3, 0.4) is 0 Å². The zero-order valence-electron chi connectivity index (χ0n) is 14.4. The van der Waals surface area contributed by atoms with Crippen molar-refractivity contribution in [1.29, 1.82) is 0 Å². The third-order valence-electron chi connectivity index (χ3n) is 5.57. The molecule has 2 atom stereocenters. The number of carbonyl (C=O) groups is 2. The predicted molar refractivity (Wildman–Crippen MR) is 85.0 cm³/mol. The van der Waals surface area contributed by atoms with Crippen LogP contribution in [0.25, 0.3) is 0 Å². The Morgan fingerprint density at radius 1 is 1.30 bits per heavy atom. The Kier molecular flexibility index (Phi) is 3.94. The van der Waals surface area contributed by atoms with Crippen molar-refractivity contribution in [3.8, 4) is 0 Å². The van der Waals surface area contributed by atoms with Crippen molar-refractivity contribution in [3.05, 3.63) is 17.0 Å². The highest BCUT2D eigenvalue weighted by Crippen LogP contribution is 2.50. The summed E-state index contributed by atoms with van der Waals surface area (Å²) in [7, 11) is 3.63. The zero-order valence-corrected chi connectivity index (χ0v) is 14.4. The summed E-state index contributed by atoms with van der Waals surface area (Å²) < 4.78 is 5.13. The summed E-state index contributed by atoms with van der Waals surface area (Å²) in [4.78, 5) is 28.9. The molecular weight excluding hydrogens is 294 g/mol. The number of hydrogen-bond donors (Lipinski definition) is 0. The van der Waals surface area contributed by atoms with Crippen molar-refractivity contribution in [3.63, 3.8) is 0 Å². The lowest BCUT2D eigenvalue weighted by atomic mass is 9.76. The molecule has 1 saturated heterocycles. The van der Waals surface area contributed by atoms with Gasteiger partial charge in [-0.05, 0) is 33.1 Å². The fourth-order valence-corrected chi connectivity index (χ4v) is 4.34. The van der Waals surface area contributed by atoms with Gasteiger partial charge in [-0.15, -0.1) is 0 Å². The molecule has 1 aromatic heterocycles. The van der Waals surface area contributed by atoms with Crippen LogP contribution in [-0.2, 0) is 4.79 Å². The second-order valence-electron chi connectivity index (χ2n) is 7.22. The van der Waals surface area contributed by atoms with Gasteiger partial charge in [0.25, 0.3) is 5.91 Å². The van der Waals surface area contributed by atoms with E-state index in [9.17, 15) is 9.59 Å². The van der Waals surface area contributed by atoms with E-state index in [1.54, 1.807) is 18.7 Å². The maximum Gasteiger partial charge on any atom is 0.259 e. The fraction of sp³-hybridized carbons (Fsp3) is 0.706. The first kappa shape index (κ1) is 16.0. The van der Waals surface area contributed by atoms with Gasteiger partial charge in [0.05, 0.1) is 5.69 Å². The molecule has 3 rings (SSSR count). The molecule has 6 nitrogen and oxygen atoms in total. The Labute approximate surface area is 136 Å². The summed E-state index contributed by atoms with van der Waals surface area (Å²) in [6, 6.07) is 0. The maximum atomic E-state index is 12.8. The molecule has 0 unspecified atom stereocenters. The summed E-state index contributed by atoms with van der Waals surface area (Å²) in [5.41, 5.74) is 1.17. The molecule has 0 aromatic carbocycles. The van der Waals surface area contributed by atoms with E-state index in [2.05, 4.69) is 5.16 Å². The molecule has 2 aliphatic rings. The summed E-state index contributed by atoms with van der Waals surface area (Å²) in [6.45, 7) is 4.94. The van der Waals surface area contributed by atoms with Crippen LogP contribution in [-0.4, -0.2) is 54.0 Å². The van der Waals surface area contributed by atoms with Gasteiger partial charge in [0.15, 0.2) is 0 Å². The van der Waals surface area contributed by atoms with Crippen molar-refractivity contribution >= 4 is 11.8 Å². The molecule has 0 N–H and O–H groups in total. The first-order valence-electron chi connectivity index (χ1n) is 8.29. The van der Waals surface area contributed by atoms with Gasteiger partial charge >= 0.3 is 0 Å². The van der Waals surface area contributed by atoms with Crippen LogP contribution >= 0.6 is 0 Å². The minimum absolute atomic E-state index is 0.0129. The van der Waals surface area contributed by atoms with Crippen LogP contribution in [0.4, 0.5) is 0 Å². The number of aryl methyl sites for hydroxylation is 2. The number of hydrogen-bond acceptors (Lipinski definition) is 4. The first-order valence-corrected chi connectivity index (χ1v) is 8.29. The monoisotopic (exact) mass is 319 g/mol. The molecule has 1 aliphatic carbocycles. The second kappa shape index (κ2) is 5.65. The van der Waals surface area contributed by atoms with E-state index in [0.29, 0.717) is 30.1 Å². The van der Waals surface area contributed by atoms with Gasteiger partial charge < -0.3 is 14.3 Å². The number of aromatic nitrogens is 1. The summed E-state index contributed by atoms with van der Waals surface area (Å²) in [6.07, 6.45) is 3.94. The summed E-state index contributed by atoms with van der Waals surface area (Å²) in [5.74, 6) is 0.802. The van der Waals surface area contributed by atoms with Crippen LogP contribution < -0.4 is 0 Å². The van der Waals surface area contributed by atoms with E-state index >= 15 is 0 Å². The smallest absolute Gasteiger partial charge is 0.259 e. The molecule has 1 aliphatic heterocycles. The molecular formula is C17H25N3O3. The van der Waals surface area contributed by atoms with E-state index in [4.69, 9.17) is 4.52 Å². The average molecular weight is 319 g/mol. The SMILES string of the molecule is Cc1noc(C)c1C(=O)N1CC[C@]2(CCC[C@@H]2C(=O)N(C)C)C1. The minimum atomic E-state index is -0.0456. The number of nitrogens with zero attached hydrogens (tertiary/aromatic N) is 3. The minimum Gasteiger partial charge on any atom is -0.361 e. The lowest BCUT2D eigenvalue weighted by Gasteiger charge is -2.32. The zero-order chi connectivity index (χ0) is 16.8. The highest BCUT2D eigenvalue weighted by molar-refractivity contribution is 5.96. The number of amides is 2. The fourth-order valence-electron chi connectivity index (χ4n) is 4.34. The van der Waals surface area contributed by atoms with Gasteiger partial charge in [0.1, 0.15) is 11.3 Å². The van der Waals surface area contributed by atoms with Crippen molar-refractivity contribution in [2.24, 2.45) is 11.3 Å². The molecule has 2 heterocycles. The van der Waals surface area contributed by atoms with E-state index in [-0.39, 0.29) is 23.1 Å². The van der Waals surface area contributed by atoms with E-state index in [0.717, 1.165) is 25.7 Å². The van der Waals surface area contributed by atoms with Crippen LogP contribution in [0, 0.1) is 25.2 Å². The lowest BCUT2D eigenvalue weighted by molar-refractivity contribution is -0.136. The molecule has 2 fully saturated rings. The number of rotatable bonds is 2. The number of carbonyl (C=O) groups excluding carboxylic acids is 2. The molecule has 23 heavy (non-hydrogen) atoms.